The van der Waals surface area contributed by atoms with Gasteiger partial charge < -0.3 is 4.48 Å². The molecule has 0 unspecified atom stereocenters. The fourth-order valence-electron chi connectivity index (χ4n) is 0.949. The summed E-state index contributed by atoms with van der Waals surface area (Å²) < 4.78 is 35.2. The summed E-state index contributed by atoms with van der Waals surface area (Å²) >= 11 is 0. The van der Waals surface area contributed by atoms with Crippen LogP contribution in [0.3, 0.4) is 0 Å². The van der Waals surface area contributed by atoms with Crippen LogP contribution in [0.4, 0.5) is 4.53 Å². The van der Waals surface area contributed by atoms with Gasteiger partial charge in [-0.3, -0.25) is 0 Å². The lowest BCUT2D eigenvalue weighted by Crippen LogP contribution is -2.50. The summed E-state index contributed by atoms with van der Waals surface area (Å²) in [5.41, 5.74) is 0. The molecule has 0 fully saturated rings. The Morgan fingerprint density at radius 1 is 1.11 bits per heavy atom. The summed E-state index contributed by atoms with van der Waals surface area (Å²) in [6, 6.07) is 1.45. The van der Waals surface area contributed by atoms with Gasteiger partial charge in [-0.2, -0.15) is 8.42 Å². The van der Waals surface area contributed by atoms with Gasteiger partial charge >= 0.3 is 0 Å². The molecule has 0 spiro atoms. The third kappa shape index (κ3) is 8.83. The largest absolute Gasteiger partial charge is 0.325 e. The predicted octanol–water partition coefficient (Wildman–Crippen LogP) is 2.90. The Hall–Kier alpha value is -0.200. The van der Waals surface area contributed by atoms with Gasteiger partial charge in [0.2, 0.25) is 0 Å². The Kier molecular flexibility index (Phi) is 9.87. The normalized spacial score (nSPS) is 12.6. The highest BCUT2D eigenvalue weighted by Gasteiger charge is 2.22. The molecule has 18 heavy (non-hydrogen) atoms. The number of unbranched alkanes of at least 4 members (excludes halogenated alkanes) is 1. The van der Waals surface area contributed by atoms with E-state index >= 15 is 0 Å². The molecule has 0 bridgehead atoms. The quantitative estimate of drug-likeness (QED) is 0.705. The van der Waals surface area contributed by atoms with Crippen LogP contribution >= 0.6 is 0 Å². The van der Waals surface area contributed by atoms with Gasteiger partial charge in [-0.25, -0.2) is 0 Å². The van der Waals surface area contributed by atoms with E-state index in [0.717, 1.165) is 16.6 Å². The van der Waals surface area contributed by atoms with Crippen molar-refractivity contribution in [2.24, 2.45) is 0 Å². The van der Waals surface area contributed by atoms with E-state index in [1.165, 1.54) is 0 Å². The minimum Gasteiger partial charge on any atom is -0.325 e. The van der Waals surface area contributed by atoms with Crippen LogP contribution in [0.1, 0.15) is 47.5 Å². The van der Waals surface area contributed by atoms with E-state index in [0.29, 0.717) is 12.8 Å². The third-order valence-electron chi connectivity index (χ3n) is 3.51. The van der Waals surface area contributed by atoms with Crippen LogP contribution < -0.4 is 0 Å². The molecule has 4 nitrogen and oxygen atoms in total. The molecular formula is C12H29FNO3S+. The third-order valence-corrected chi connectivity index (χ3v) is 4.49. The summed E-state index contributed by atoms with van der Waals surface area (Å²) in [6.45, 7) is 10.9. The van der Waals surface area contributed by atoms with Crippen LogP contribution in [0.25, 0.3) is 0 Å². The van der Waals surface area contributed by atoms with Crippen molar-refractivity contribution in [1.82, 2.24) is 0 Å². The predicted molar refractivity (Wildman–Crippen MR) is 73.3 cm³/mol. The van der Waals surface area contributed by atoms with E-state index in [-0.39, 0.29) is 5.75 Å². The first-order valence-corrected chi connectivity index (χ1v) is 7.95. The Bertz CT molecular complexity index is 290. The van der Waals surface area contributed by atoms with Gasteiger partial charge in [0.25, 0.3) is 10.1 Å². The van der Waals surface area contributed by atoms with Crippen LogP contribution in [-0.2, 0) is 14.5 Å². The number of hydrogen-bond acceptors (Lipinski definition) is 3. The number of quaternary nitrogens is 1. The Labute approximate surface area is 112 Å². The highest BCUT2D eigenvalue weighted by atomic mass is 32.2. The van der Waals surface area contributed by atoms with E-state index in [2.05, 4.69) is 46.2 Å². The molecule has 0 atom stereocenters. The SMILES string of the molecule is CC(C)[N+](C)(C)C(C)C.CCCCS(=O)(=O)OF. The fourth-order valence-corrected chi connectivity index (χ4v) is 1.65. The van der Waals surface area contributed by atoms with Gasteiger partial charge in [0.05, 0.1) is 31.9 Å². The molecule has 0 saturated heterocycles. The number of nitrogens with zero attached hydrogens (tertiary/aromatic N) is 1. The number of rotatable bonds is 6. The summed E-state index contributed by atoms with van der Waals surface area (Å²) in [6.07, 6.45) is 1.15. The minimum absolute atomic E-state index is 0.236. The maximum absolute atomic E-state index is 11.0. The topological polar surface area (TPSA) is 43.4 Å². The molecule has 0 heterocycles. The first kappa shape index (κ1) is 20.1. The van der Waals surface area contributed by atoms with Crippen molar-refractivity contribution in [1.29, 1.82) is 0 Å². The number of hydrogen-bond donors (Lipinski definition) is 0. The zero-order valence-corrected chi connectivity index (χ0v) is 13.6. The average Bonchev–Trinajstić information content (AvgIpc) is 2.27. The molecule has 112 valence electrons. The molecule has 0 aliphatic rings. The Balaban J connectivity index is 0. The molecule has 0 aromatic heterocycles. The van der Waals surface area contributed by atoms with Crippen molar-refractivity contribution in [2.45, 2.75) is 59.5 Å². The lowest BCUT2D eigenvalue weighted by molar-refractivity contribution is -0.931. The molecule has 0 amide bonds. The lowest BCUT2D eigenvalue weighted by Gasteiger charge is -2.38. The van der Waals surface area contributed by atoms with Gasteiger partial charge in [-0.1, -0.05) is 17.7 Å². The Morgan fingerprint density at radius 3 is 1.67 bits per heavy atom. The van der Waals surface area contributed by atoms with Crippen LogP contribution in [-0.4, -0.2) is 44.8 Å². The molecule has 0 radical (unpaired) electrons. The van der Waals surface area contributed by atoms with Crippen molar-refractivity contribution < 1.29 is 21.8 Å². The van der Waals surface area contributed by atoms with E-state index < -0.39 is 10.1 Å². The van der Waals surface area contributed by atoms with Crippen molar-refractivity contribution in [2.75, 3.05) is 19.8 Å². The second-order valence-electron chi connectivity index (χ2n) is 5.49. The zero-order valence-electron chi connectivity index (χ0n) is 12.7. The molecule has 0 aromatic carbocycles. The smallest absolute Gasteiger partial charge is 0.297 e. The molecule has 0 N–H and O–H groups in total. The second kappa shape index (κ2) is 8.82. The van der Waals surface area contributed by atoms with E-state index in [4.69, 9.17) is 0 Å². The summed E-state index contributed by atoms with van der Waals surface area (Å²) in [7, 11) is 0.698. The first-order valence-electron chi connectivity index (χ1n) is 6.37. The molecular weight excluding hydrogens is 257 g/mol. The van der Waals surface area contributed by atoms with Crippen LogP contribution in [0, 0.1) is 0 Å². The maximum Gasteiger partial charge on any atom is 0.297 e. The van der Waals surface area contributed by atoms with Gasteiger partial charge in [-0.15, -0.1) is 0 Å². The summed E-state index contributed by atoms with van der Waals surface area (Å²) in [5, 5.41) is 0. The van der Waals surface area contributed by atoms with Gasteiger partial charge in [0.15, 0.2) is 0 Å². The summed E-state index contributed by atoms with van der Waals surface area (Å²) in [4.78, 5) is 0. The monoisotopic (exact) mass is 286 g/mol. The fraction of sp³-hybridized carbons (Fsp3) is 1.00. The van der Waals surface area contributed by atoms with Gasteiger partial charge in [-0.05, 0) is 38.6 Å². The van der Waals surface area contributed by atoms with E-state index in [1.54, 1.807) is 0 Å². The highest BCUT2D eigenvalue weighted by Crippen LogP contribution is 2.10. The van der Waals surface area contributed by atoms with Crippen molar-refractivity contribution in [3.05, 3.63) is 0 Å². The second-order valence-corrected chi connectivity index (χ2v) is 7.14. The van der Waals surface area contributed by atoms with Crippen molar-refractivity contribution >= 4 is 10.1 Å². The maximum atomic E-state index is 11.0. The first-order chi connectivity index (χ1) is 8.01. The highest BCUT2D eigenvalue weighted by molar-refractivity contribution is 7.86. The van der Waals surface area contributed by atoms with Gasteiger partial charge in [0, 0.05) is 0 Å². The number of halogens is 1. The Morgan fingerprint density at radius 2 is 1.50 bits per heavy atom. The molecule has 6 heteroatoms. The molecule has 0 aliphatic heterocycles. The standard InChI is InChI=1S/C8H20N.C4H9FO3S/c1-7(2)9(5,6)8(3)4;1-2-3-4-9(6,7)8-5/h7-8H,1-6H3;2-4H2,1H3/q+1;. The van der Waals surface area contributed by atoms with Gasteiger partial charge in [0.1, 0.15) is 0 Å². The molecule has 0 saturated carbocycles. The average molecular weight is 286 g/mol. The zero-order chi connectivity index (χ0) is 15.0. The lowest BCUT2D eigenvalue weighted by atomic mass is 10.2. The van der Waals surface area contributed by atoms with Crippen LogP contribution in [0.2, 0.25) is 0 Å². The van der Waals surface area contributed by atoms with E-state index in [1.807, 2.05) is 6.92 Å². The van der Waals surface area contributed by atoms with Crippen molar-refractivity contribution in [3.63, 3.8) is 0 Å². The van der Waals surface area contributed by atoms with Crippen LogP contribution in [0.15, 0.2) is 0 Å². The summed E-state index contributed by atoms with van der Waals surface area (Å²) in [5.74, 6) is -0.236. The molecule has 0 aromatic rings. The van der Waals surface area contributed by atoms with Crippen molar-refractivity contribution in [3.8, 4) is 0 Å². The molecule has 0 aliphatic carbocycles. The molecule has 0 rings (SSSR count). The van der Waals surface area contributed by atoms with Crippen LogP contribution in [0.5, 0.6) is 0 Å². The van der Waals surface area contributed by atoms with E-state index in [9.17, 15) is 12.9 Å². The minimum atomic E-state index is -3.85.